The molecule has 0 saturated carbocycles. The maximum Gasteiger partial charge on any atom is 0.248 e. The highest BCUT2D eigenvalue weighted by atomic mass is 32.2. The minimum absolute atomic E-state index is 0.131. The Hall–Kier alpha value is -2.67. The maximum absolute atomic E-state index is 11.6. The Morgan fingerprint density at radius 3 is 3.17 bits per heavy atom. The molecule has 2 N–H and O–H groups in total. The van der Waals surface area contributed by atoms with E-state index >= 15 is 0 Å². The predicted molar refractivity (Wildman–Crippen MR) is 91.1 cm³/mol. The van der Waals surface area contributed by atoms with Crippen molar-refractivity contribution in [2.45, 2.75) is 17.7 Å². The van der Waals surface area contributed by atoms with Crippen molar-refractivity contribution in [2.75, 3.05) is 5.32 Å². The molecule has 2 heterocycles. The number of thioether (sulfide) groups is 1. The number of carbonyl (C=O) groups excluding carboxylic acids is 1. The van der Waals surface area contributed by atoms with E-state index in [-0.39, 0.29) is 5.91 Å². The Morgan fingerprint density at radius 2 is 2.30 bits per heavy atom. The Kier molecular flexibility index (Phi) is 4.68. The summed E-state index contributed by atoms with van der Waals surface area (Å²) in [5.74, 6) is 0.609. The second kappa shape index (κ2) is 7.06. The van der Waals surface area contributed by atoms with Crippen molar-refractivity contribution in [3.8, 4) is 0 Å². The number of fused-ring (bicyclic) bond motifs is 1. The van der Waals surface area contributed by atoms with Gasteiger partial charge in [0.15, 0.2) is 5.65 Å². The molecule has 0 saturated heterocycles. The number of allylic oxidation sites excluding steroid dienone is 1. The van der Waals surface area contributed by atoms with Crippen LogP contribution in [0.15, 0.2) is 54.0 Å². The van der Waals surface area contributed by atoms with Crippen molar-refractivity contribution < 1.29 is 4.79 Å². The molecule has 1 aromatic carbocycles. The van der Waals surface area contributed by atoms with E-state index in [1.165, 1.54) is 12.4 Å². The van der Waals surface area contributed by atoms with E-state index in [4.69, 9.17) is 0 Å². The molecule has 23 heavy (non-hydrogen) atoms. The first-order valence-electron chi connectivity index (χ1n) is 7.06. The summed E-state index contributed by atoms with van der Waals surface area (Å²) in [7, 11) is 0. The van der Waals surface area contributed by atoms with Crippen LogP contribution in [0.4, 0.5) is 5.69 Å². The SMILES string of the molecule is C/C=C/C(=O)Nc1cccc(CSc2ncnc3[nH]ncc23)c1. The molecule has 0 radical (unpaired) electrons. The lowest BCUT2D eigenvalue weighted by molar-refractivity contribution is -0.111. The highest BCUT2D eigenvalue weighted by Gasteiger charge is 2.07. The number of H-pyrrole nitrogens is 1. The van der Waals surface area contributed by atoms with Gasteiger partial charge in [0.2, 0.25) is 5.91 Å². The maximum atomic E-state index is 11.6. The average molecular weight is 325 g/mol. The van der Waals surface area contributed by atoms with E-state index in [0.29, 0.717) is 0 Å². The fraction of sp³-hybridized carbons (Fsp3) is 0.125. The zero-order valence-electron chi connectivity index (χ0n) is 12.5. The third-order valence-electron chi connectivity index (χ3n) is 3.10. The number of benzene rings is 1. The first-order valence-corrected chi connectivity index (χ1v) is 8.04. The summed E-state index contributed by atoms with van der Waals surface area (Å²) in [4.78, 5) is 20.0. The van der Waals surface area contributed by atoms with E-state index in [1.54, 1.807) is 24.0 Å². The zero-order valence-corrected chi connectivity index (χ0v) is 13.3. The number of carbonyl (C=O) groups is 1. The fourth-order valence-corrected chi connectivity index (χ4v) is 2.99. The third-order valence-corrected chi connectivity index (χ3v) is 4.18. The third kappa shape index (κ3) is 3.75. The fourth-order valence-electron chi connectivity index (χ4n) is 2.08. The summed E-state index contributed by atoms with van der Waals surface area (Å²) in [5.41, 5.74) is 2.61. The minimum atomic E-state index is -0.131. The van der Waals surface area contributed by atoms with Crippen molar-refractivity contribution in [1.29, 1.82) is 0 Å². The lowest BCUT2D eigenvalue weighted by atomic mass is 10.2. The van der Waals surface area contributed by atoms with Gasteiger partial charge in [0.25, 0.3) is 0 Å². The smallest absolute Gasteiger partial charge is 0.248 e. The Balaban J connectivity index is 1.71. The summed E-state index contributed by atoms with van der Waals surface area (Å²) in [6.45, 7) is 1.81. The van der Waals surface area contributed by atoms with Gasteiger partial charge in [0, 0.05) is 11.4 Å². The number of rotatable bonds is 5. The van der Waals surface area contributed by atoms with Gasteiger partial charge in [-0.1, -0.05) is 18.2 Å². The number of amides is 1. The number of nitrogens with zero attached hydrogens (tertiary/aromatic N) is 3. The van der Waals surface area contributed by atoms with E-state index < -0.39 is 0 Å². The van der Waals surface area contributed by atoms with Crippen LogP contribution in [0.5, 0.6) is 0 Å². The van der Waals surface area contributed by atoms with Gasteiger partial charge >= 0.3 is 0 Å². The second-order valence-corrected chi connectivity index (χ2v) is 5.75. The van der Waals surface area contributed by atoms with Crippen molar-refractivity contribution >= 4 is 34.4 Å². The van der Waals surface area contributed by atoms with Crippen LogP contribution in [0.2, 0.25) is 0 Å². The zero-order chi connectivity index (χ0) is 16.1. The molecule has 0 aliphatic heterocycles. The van der Waals surface area contributed by atoms with Gasteiger partial charge in [-0.05, 0) is 30.7 Å². The summed E-state index contributed by atoms with van der Waals surface area (Å²) < 4.78 is 0. The molecular weight excluding hydrogens is 310 g/mol. The molecule has 0 bridgehead atoms. The van der Waals surface area contributed by atoms with Gasteiger partial charge in [-0.2, -0.15) is 5.10 Å². The topological polar surface area (TPSA) is 83.6 Å². The lowest BCUT2D eigenvalue weighted by Gasteiger charge is -2.06. The van der Waals surface area contributed by atoms with Crippen molar-refractivity contribution in [2.24, 2.45) is 0 Å². The monoisotopic (exact) mass is 325 g/mol. The van der Waals surface area contributed by atoms with Crippen molar-refractivity contribution in [3.05, 3.63) is 54.5 Å². The molecule has 7 heteroatoms. The average Bonchev–Trinajstić information content (AvgIpc) is 3.02. The first-order chi connectivity index (χ1) is 11.3. The quantitative estimate of drug-likeness (QED) is 0.428. The van der Waals surface area contributed by atoms with Crippen LogP contribution in [0.3, 0.4) is 0 Å². The van der Waals surface area contributed by atoms with Crippen LogP contribution in [0, 0.1) is 0 Å². The van der Waals surface area contributed by atoms with Gasteiger partial charge < -0.3 is 5.32 Å². The molecule has 2 aromatic heterocycles. The van der Waals surface area contributed by atoms with Gasteiger partial charge in [-0.3, -0.25) is 9.89 Å². The molecule has 0 unspecified atom stereocenters. The van der Waals surface area contributed by atoms with Gasteiger partial charge in [0.05, 0.1) is 11.6 Å². The Labute approximate surface area is 137 Å². The second-order valence-electron chi connectivity index (χ2n) is 4.79. The normalized spacial score (nSPS) is 11.2. The largest absolute Gasteiger partial charge is 0.323 e. The molecular formula is C16H15N5OS. The molecule has 0 aliphatic carbocycles. The summed E-state index contributed by atoms with van der Waals surface area (Å²) in [6.07, 6.45) is 6.46. The molecule has 0 aliphatic rings. The molecule has 0 fully saturated rings. The van der Waals surface area contributed by atoms with Gasteiger partial charge in [-0.15, -0.1) is 11.8 Å². The van der Waals surface area contributed by atoms with Crippen LogP contribution in [-0.4, -0.2) is 26.1 Å². The standard InChI is InChI=1S/C16H15N5OS/c1-2-4-14(22)20-12-6-3-5-11(7-12)9-23-16-13-8-19-21-15(13)17-10-18-16/h2-8,10H,9H2,1H3,(H,20,22)(H,17,18,19,21)/b4-2+. The Bertz CT molecular complexity index is 858. The summed E-state index contributed by atoms with van der Waals surface area (Å²) in [6, 6.07) is 7.78. The summed E-state index contributed by atoms with van der Waals surface area (Å²) in [5, 5.41) is 11.4. The molecule has 6 nitrogen and oxygen atoms in total. The first kappa shape index (κ1) is 15.2. The van der Waals surface area contributed by atoms with Crippen LogP contribution in [-0.2, 0) is 10.5 Å². The van der Waals surface area contributed by atoms with Gasteiger partial charge in [0.1, 0.15) is 11.4 Å². The molecule has 116 valence electrons. The number of aromatic amines is 1. The number of anilines is 1. The van der Waals surface area contributed by atoms with E-state index in [9.17, 15) is 4.79 Å². The highest BCUT2D eigenvalue weighted by molar-refractivity contribution is 7.98. The van der Waals surface area contributed by atoms with Crippen LogP contribution < -0.4 is 5.32 Å². The van der Waals surface area contributed by atoms with Gasteiger partial charge in [-0.25, -0.2) is 9.97 Å². The number of aromatic nitrogens is 4. The minimum Gasteiger partial charge on any atom is -0.323 e. The molecule has 0 atom stereocenters. The van der Waals surface area contributed by atoms with E-state index in [2.05, 4.69) is 25.5 Å². The highest BCUT2D eigenvalue weighted by Crippen LogP contribution is 2.27. The number of hydrogen-bond donors (Lipinski definition) is 2. The number of hydrogen-bond acceptors (Lipinski definition) is 5. The molecule has 3 rings (SSSR count). The molecule has 0 spiro atoms. The van der Waals surface area contributed by atoms with E-state index in [1.807, 2.05) is 31.2 Å². The van der Waals surface area contributed by atoms with E-state index in [0.717, 1.165) is 33.1 Å². The molecule has 1 amide bonds. The van der Waals surface area contributed by atoms with Crippen molar-refractivity contribution in [3.63, 3.8) is 0 Å². The van der Waals surface area contributed by atoms with Crippen LogP contribution in [0.25, 0.3) is 11.0 Å². The van der Waals surface area contributed by atoms with Crippen LogP contribution in [0.1, 0.15) is 12.5 Å². The lowest BCUT2D eigenvalue weighted by Crippen LogP contribution is -2.07. The molecule has 3 aromatic rings. The van der Waals surface area contributed by atoms with Crippen LogP contribution >= 0.6 is 11.8 Å². The Morgan fingerprint density at radius 1 is 1.39 bits per heavy atom. The predicted octanol–water partition coefficient (Wildman–Crippen LogP) is 3.16. The summed E-state index contributed by atoms with van der Waals surface area (Å²) >= 11 is 1.61. The number of nitrogens with one attached hydrogen (secondary N) is 2. The van der Waals surface area contributed by atoms with Crippen molar-refractivity contribution in [1.82, 2.24) is 20.2 Å².